The van der Waals surface area contributed by atoms with Crippen LogP contribution in [0.25, 0.3) is 0 Å². The highest BCUT2D eigenvalue weighted by Gasteiger charge is 2.27. The summed E-state index contributed by atoms with van der Waals surface area (Å²) >= 11 is 0. The van der Waals surface area contributed by atoms with Gasteiger partial charge in [0, 0.05) is 0 Å². The van der Waals surface area contributed by atoms with Crippen LogP contribution in [0.3, 0.4) is 0 Å². The Morgan fingerprint density at radius 1 is 1.27 bits per heavy atom. The van der Waals surface area contributed by atoms with Crippen molar-refractivity contribution in [2.75, 3.05) is 5.32 Å². The van der Waals surface area contributed by atoms with Gasteiger partial charge in [0.05, 0.1) is 24.1 Å². The number of aromatic nitrogens is 3. The maximum Gasteiger partial charge on any atom is 0.229 e. The number of nitriles is 1. The summed E-state index contributed by atoms with van der Waals surface area (Å²) in [4.78, 5) is 16.0. The van der Waals surface area contributed by atoms with Crippen molar-refractivity contribution in [3.8, 4) is 11.8 Å². The van der Waals surface area contributed by atoms with Crippen LogP contribution in [0.5, 0.6) is 5.75 Å². The average molecular weight is 345 g/mol. The van der Waals surface area contributed by atoms with Crippen molar-refractivity contribution in [1.29, 1.82) is 5.26 Å². The first-order valence-corrected chi connectivity index (χ1v) is 8.14. The number of hydrogen-bond donors (Lipinski definition) is 1. The molecule has 1 aliphatic rings. The van der Waals surface area contributed by atoms with Gasteiger partial charge in [-0.2, -0.15) is 15.3 Å². The molecule has 128 valence electrons. The summed E-state index contributed by atoms with van der Waals surface area (Å²) in [6, 6.07) is 16.8. The fourth-order valence-corrected chi connectivity index (χ4v) is 2.92. The molecule has 2 aromatic carbocycles. The Balaban J connectivity index is 1.52. The standard InChI is InChI=1S/C19H15N5O2/c20-10-13-4-6-14(7-5-13)11-26-16-3-1-2-15(8-16)17-9-18(25)23-19-21-12-22-24(17)19/h1-8,12,17H,9,11H2,(H,21,22,23,25)/t17-/m1/s1. The van der Waals surface area contributed by atoms with Crippen LogP contribution in [0.1, 0.15) is 29.2 Å². The van der Waals surface area contributed by atoms with E-state index in [4.69, 9.17) is 10.00 Å². The van der Waals surface area contributed by atoms with Crippen molar-refractivity contribution in [1.82, 2.24) is 14.8 Å². The van der Waals surface area contributed by atoms with Gasteiger partial charge in [0.25, 0.3) is 0 Å². The minimum Gasteiger partial charge on any atom is -0.489 e. The number of nitrogens with zero attached hydrogens (tertiary/aromatic N) is 4. The summed E-state index contributed by atoms with van der Waals surface area (Å²) in [6.45, 7) is 0.398. The second-order valence-electron chi connectivity index (χ2n) is 5.97. The quantitative estimate of drug-likeness (QED) is 0.785. The number of carbonyl (C=O) groups is 1. The van der Waals surface area contributed by atoms with E-state index in [2.05, 4.69) is 21.5 Å². The summed E-state index contributed by atoms with van der Waals surface area (Å²) in [6.07, 6.45) is 1.73. The molecule has 0 saturated heterocycles. The minimum absolute atomic E-state index is 0.0839. The smallest absolute Gasteiger partial charge is 0.229 e. The molecule has 0 radical (unpaired) electrons. The number of amides is 1. The number of ether oxygens (including phenoxy) is 1. The summed E-state index contributed by atoms with van der Waals surface area (Å²) in [5.74, 6) is 1.08. The third kappa shape index (κ3) is 3.13. The van der Waals surface area contributed by atoms with E-state index in [1.54, 1.807) is 16.8 Å². The van der Waals surface area contributed by atoms with Gasteiger partial charge < -0.3 is 4.74 Å². The molecular weight excluding hydrogens is 330 g/mol. The molecule has 26 heavy (non-hydrogen) atoms. The van der Waals surface area contributed by atoms with E-state index >= 15 is 0 Å². The van der Waals surface area contributed by atoms with Crippen LogP contribution in [-0.4, -0.2) is 20.7 Å². The van der Waals surface area contributed by atoms with Crippen LogP contribution in [0, 0.1) is 11.3 Å². The predicted octanol–water partition coefficient (Wildman–Crippen LogP) is 2.66. The lowest BCUT2D eigenvalue weighted by Gasteiger charge is -2.24. The Labute approximate surface area is 149 Å². The highest BCUT2D eigenvalue weighted by molar-refractivity contribution is 5.91. The summed E-state index contributed by atoms with van der Waals surface area (Å²) in [7, 11) is 0. The lowest BCUT2D eigenvalue weighted by Crippen LogP contribution is -2.29. The zero-order valence-corrected chi connectivity index (χ0v) is 13.8. The minimum atomic E-state index is -0.209. The molecule has 7 heteroatoms. The van der Waals surface area contributed by atoms with Crippen molar-refractivity contribution in [3.63, 3.8) is 0 Å². The monoisotopic (exact) mass is 345 g/mol. The van der Waals surface area contributed by atoms with E-state index in [0.717, 1.165) is 11.1 Å². The maximum atomic E-state index is 11.9. The van der Waals surface area contributed by atoms with Crippen LogP contribution >= 0.6 is 0 Å². The molecule has 0 bridgehead atoms. The lowest BCUT2D eigenvalue weighted by atomic mass is 10.0. The first-order valence-electron chi connectivity index (χ1n) is 8.14. The Morgan fingerprint density at radius 3 is 2.92 bits per heavy atom. The van der Waals surface area contributed by atoms with Gasteiger partial charge in [0.15, 0.2) is 0 Å². The van der Waals surface area contributed by atoms with Crippen LogP contribution in [0.15, 0.2) is 54.9 Å². The van der Waals surface area contributed by atoms with Crippen molar-refractivity contribution in [2.24, 2.45) is 0 Å². The van der Waals surface area contributed by atoms with Gasteiger partial charge in [-0.05, 0) is 35.4 Å². The molecule has 1 amide bonds. The van der Waals surface area contributed by atoms with Gasteiger partial charge in [-0.3, -0.25) is 10.1 Å². The van der Waals surface area contributed by atoms with Crippen LogP contribution in [-0.2, 0) is 11.4 Å². The predicted molar refractivity (Wildman–Crippen MR) is 93.3 cm³/mol. The van der Waals surface area contributed by atoms with Gasteiger partial charge in [-0.25, -0.2) is 4.68 Å². The highest BCUT2D eigenvalue weighted by atomic mass is 16.5. The molecule has 0 unspecified atom stereocenters. The summed E-state index contributed by atoms with van der Waals surface area (Å²) in [5.41, 5.74) is 2.53. The molecule has 1 N–H and O–H groups in total. The molecule has 4 rings (SSSR count). The Hall–Kier alpha value is -3.66. The summed E-state index contributed by atoms with van der Waals surface area (Å²) in [5, 5.41) is 15.8. The van der Waals surface area contributed by atoms with E-state index in [9.17, 15) is 4.79 Å². The van der Waals surface area contributed by atoms with E-state index in [-0.39, 0.29) is 11.9 Å². The van der Waals surface area contributed by atoms with Crippen LogP contribution < -0.4 is 10.1 Å². The highest BCUT2D eigenvalue weighted by Crippen LogP contribution is 2.30. The zero-order chi connectivity index (χ0) is 17.9. The number of hydrogen-bond acceptors (Lipinski definition) is 5. The Morgan fingerprint density at radius 2 is 2.12 bits per heavy atom. The molecule has 1 aliphatic heterocycles. The fraction of sp³-hybridized carbons (Fsp3) is 0.158. The second-order valence-corrected chi connectivity index (χ2v) is 5.97. The van der Waals surface area contributed by atoms with Crippen molar-refractivity contribution in [3.05, 3.63) is 71.5 Å². The van der Waals surface area contributed by atoms with Crippen LogP contribution in [0.2, 0.25) is 0 Å². The lowest BCUT2D eigenvalue weighted by molar-refractivity contribution is -0.117. The van der Waals surface area contributed by atoms with Gasteiger partial charge in [0.1, 0.15) is 18.7 Å². The molecule has 0 saturated carbocycles. The molecular formula is C19H15N5O2. The van der Waals surface area contributed by atoms with E-state index in [1.807, 2.05) is 36.4 Å². The molecule has 3 aromatic rings. The fourth-order valence-electron chi connectivity index (χ4n) is 2.92. The van der Waals surface area contributed by atoms with Gasteiger partial charge in [-0.15, -0.1) is 0 Å². The molecule has 1 atom stereocenters. The third-order valence-corrected chi connectivity index (χ3v) is 4.23. The number of anilines is 1. The normalized spacial score (nSPS) is 15.7. The molecule has 1 aromatic heterocycles. The third-order valence-electron chi connectivity index (χ3n) is 4.23. The number of carbonyl (C=O) groups excluding carboxylic acids is 1. The Kier molecular flexibility index (Phi) is 4.07. The molecule has 0 spiro atoms. The van der Waals surface area contributed by atoms with Crippen molar-refractivity contribution < 1.29 is 9.53 Å². The van der Waals surface area contributed by atoms with E-state index in [0.29, 0.717) is 30.3 Å². The molecule has 7 nitrogen and oxygen atoms in total. The maximum absolute atomic E-state index is 11.9. The molecule has 2 heterocycles. The van der Waals surface area contributed by atoms with Crippen molar-refractivity contribution in [2.45, 2.75) is 19.1 Å². The second kappa shape index (κ2) is 6.69. The molecule has 0 fully saturated rings. The zero-order valence-electron chi connectivity index (χ0n) is 13.8. The SMILES string of the molecule is N#Cc1ccc(COc2cccc([C@H]3CC(=O)Nc4ncnn43)c2)cc1. The number of rotatable bonds is 4. The van der Waals surface area contributed by atoms with Crippen LogP contribution in [0.4, 0.5) is 5.95 Å². The van der Waals surface area contributed by atoms with Crippen molar-refractivity contribution >= 4 is 11.9 Å². The van der Waals surface area contributed by atoms with Gasteiger partial charge >= 0.3 is 0 Å². The Bertz CT molecular complexity index is 988. The average Bonchev–Trinajstić information content (AvgIpc) is 3.14. The topological polar surface area (TPSA) is 92.8 Å². The van der Waals surface area contributed by atoms with E-state index < -0.39 is 0 Å². The van der Waals surface area contributed by atoms with E-state index in [1.165, 1.54) is 6.33 Å². The largest absolute Gasteiger partial charge is 0.489 e. The van der Waals surface area contributed by atoms with Gasteiger partial charge in [-0.1, -0.05) is 24.3 Å². The number of nitrogens with one attached hydrogen (secondary N) is 1. The first kappa shape index (κ1) is 15.8. The molecule has 0 aliphatic carbocycles. The van der Waals surface area contributed by atoms with Gasteiger partial charge in [0.2, 0.25) is 11.9 Å². The number of fused-ring (bicyclic) bond motifs is 1. The summed E-state index contributed by atoms with van der Waals surface area (Å²) < 4.78 is 7.57. The first-order chi connectivity index (χ1) is 12.7. The number of benzene rings is 2.